The smallest absolute Gasteiger partial charge is 0.248 e. The number of nitrogens with two attached hydrogens (primary N) is 1. The quantitative estimate of drug-likeness (QED) is 0.654. The Kier molecular flexibility index (Phi) is 5.78. The van der Waals surface area contributed by atoms with E-state index in [9.17, 15) is 9.59 Å². The molecule has 1 heterocycles. The van der Waals surface area contributed by atoms with E-state index in [0.29, 0.717) is 17.0 Å². The predicted molar refractivity (Wildman–Crippen MR) is 106 cm³/mol. The van der Waals surface area contributed by atoms with Crippen molar-refractivity contribution >= 4 is 17.5 Å². The molecule has 3 aromatic rings. The number of para-hydroxylation sites is 1. The average Bonchev–Trinajstić information content (AvgIpc) is 3.16. The normalized spacial score (nSPS) is 10.6. The number of aryl methyl sites for hydroxylation is 2. The number of primary amides is 1. The van der Waals surface area contributed by atoms with E-state index >= 15 is 0 Å². The van der Waals surface area contributed by atoms with Gasteiger partial charge in [-0.05, 0) is 41.3 Å². The minimum absolute atomic E-state index is 0.0480. The summed E-state index contributed by atoms with van der Waals surface area (Å²) in [7, 11) is 0. The molecule has 0 aliphatic heterocycles. The van der Waals surface area contributed by atoms with E-state index in [0.717, 1.165) is 29.7 Å². The largest absolute Gasteiger partial charge is 0.366 e. The molecule has 0 aliphatic carbocycles. The monoisotopic (exact) mass is 378 g/mol. The lowest BCUT2D eigenvalue weighted by Crippen LogP contribution is -2.22. The van der Waals surface area contributed by atoms with Crippen molar-refractivity contribution in [3.05, 3.63) is 59.2 Å². The van der Waals surface area contributed by atoms with Crippen LogP contribution < -0.4 is 11.1 Å². The summed E-state index contributed by atoms with van der Waals surface area (Å²) in [5.74, 6) is -0.353. The highest BCUT2D eigenvalue weighted by Crippen LogP contribution is 2.22. The summed E-state index contributed by atoms with van der Waals surface area (Å²) in [6, 6.07) is 12.6. The van der Waals surface area contributed by atoms with Gasteiger partial charge in [-0.2, -0.15) is 4.80 Å². The van der Waals surface area contributed by atoms with E-state index < -0.39 is 5.91 Å². The summed E-state index contributed by atoms with van der Waals surface area (Å²) in [6.45, 7) is 4.06. The fraction of sp³-hybridized carbons (Fsp3) is 0.250. The standard InChI is InChI=1S/C20H22N6O2/c1-3-13-6-5-7-14(4-2)18(13)22-17(27)12-26-24-20(23-25-26)16-10-8-15(9-11-16)19(21)28/h5-11H,3-4,12H2,1-2H3,(H2,21,28)(H,22,27). The number of nitrogens with zero attached hydrogens (tertiary/aromatic N) is 4. The molecule has 144 valence electrons. The summed E-state index contributed by atoms with van der Waals surface area (Å²) in [5, 5.41) is 15.1. The molecule has 0 fully saturated rings. The number of benzene rings is 2. The van der Waals surface area contributed by atoms with Crippen molar-refractivity contribution in [1.82, 2.24) is 20.2 Å². The highest BCUT2D eigenvalue weighted by Gasteiger charge is 2.13. The van der Waals surface area contributed by atoms with Crippen LogP contribution in [0.4, 0.5) is 5.69 Å². The van der Waals surface area contributed by atoms with Gasteiger partial charge in [0.25, 0.3) is 0 Å². The number of carbonyl (C=O) groups is 2. The van der Waals surface area contributed by atoms with E-state index in [1.165, 1.54) is 4.80 Å². The molecule has 1 aromatic heterocycles. The van der Waals surface area contributed by atoms with Gasteiger partial charge in [-0.25, -0.2) is 0 Å². The molecule has 0 spiro atoms. The van der Waals surface area contributed by atoms with Crippen LogP contribution in [0.5, 0.6) is 0 Å². The maximum absolute atomic E-state index is 12.5. The van der Waals surface area contributed by atoms with Gasteiger partial charge in [-0.15, -0.1) is 10.2 Å². The molecule has 0 aliphatic rings. The Morgan fingerprint density at radius 1 is 1.04 bits per heavy atom. The Bertz CT molecular complexity index is 972. The van der Waals surface area contributed by atoms with E-state index in [1.807, 2.05) is 18.2 Å². The van der Waals surface area contributed by atoms with E-state index in [4.69, 9.17) is 5.73 Å². The van der Waals surface area contributed by atoms with Crippen molar-refractivity contribution in [2.75, 3.05) is 5.32 Å². The van der Waals surface area contributed by atoms with Gasteiger partial charge in [0.1, 0.15) is 6.54 Å². The first kappa shape index (κ1) is 19.2. The molecule has 2 aromatic carbocycles. The third-order valence-electron chi connectivity index (χ3n) is 4.43. The Balaban J connectivity index is 1.72. The molecule has 0 radical (unpaired) electrons. The van der Waals surface area contributed by atoms with Crippen LogP contribution in [0.3, 0.4) is 0 Å². The Morgan fingerprint density at radius 3 is 2.25 bits per heavy atom. The number of anilines is 1. The van der Waals surface area contributed by atoms with Gasteiger partial charge >= 0.3 is 0 Å². The molecule has 0 saturated heterocycles. The van der Waals surface area contributed by atoms with Crippen molar-refractivity contribution in [3.8, 4) is 11.4 Å². The molecule has 0 saturated carbocycles. The molecule has 0 unspecified atom stereocenters. The molecule has 8 nitrogen and oxygen atoms in total. The Hall–Kier alpha value is -3.55. The number of aromatic nitrogens is 4. The van der Waals surface area contributed by atoms with Crippen molar-refractivity contribution in [2.24, 2.45) is 5.73 Å². The summed E-state index contributed by atoms with van der Waals surface area (Å²) in [6.07, 6.45) is 1.66. The van der Waals surface area contributed by atoms with E-state index in [2.05, 4.69) is 34.6 Å². The molecule has 8 heteroatoms. The molecule has 3 rings (SSSR count). The van der Waals surface area contributed by atoms with Crippen LogP contribution in [-0.2, 0) is 24.2 Å². The van der Waals surface area contributed by atoms with Crippen LogP contribution in [0.15, 0.2) is 42.5 Å². The van der Waals surface area contributed by atoms with Crippen LogP contribution in [0.1, 0.15) is 35.3 Å². The Morgan fingerprint density at radius 2 is 1.68 bits per heavy atom. The van der Waals surface area contributed by atoms with Gasteiger partial charge in [-0.3, -0.25) is 9.59 Å². The van der Waals surface area contributed by atoms with Crippen LogP contribution in [0.25, 0.3) is 11.4 Å². The number of rotatable bonds is 7. The Labute approximate surface area is 162 Å². The summed E-state index contributed by atoms with van der Waals surface area (Å²) >= 11 is 0. The van der Waals surface area contributed by atoms with Crippen molar-refractivity contribution in [1.29, 1.82) is 0 Å². The minimum Gasteiger partial charge on any atom is -0.366 e. The van der Waals surface area contributed by atoms with Crippen LogP contribution in [-0.4, -0.2) is 32.0 Å². The SMILES string of the molecule is CCc1cccc(CC)c1NC(=O)Cn1nnc(-c2ccc(C(N)=O)cc2)n1. The first-order chi connectivity index (χ1) is 13.5. The van der Waals surface area contributed by atoms with Gasteiger partial charge in [0, 0.05) is 16.8 Å². The van der Waals surface area contributed by atoms with Gasteiger partial charge in [0.2, 0.25) is 17.6 Å². The summed E-state index contributed by atoms with van der Waals surface area (Å²) in [5.41, 5.74) is 9.36. The molecule has 28 heavy (non-hydrogen) atoms. The topological polar surface area (TPSA) is 116 Å². The summed E-state index contributed by atoms with van der Waals surface area (Å²) in [4.78, 5) is 24.9. The lowest BCUT2D eigenvalue weighted by molar-refractivity contribution is -0.117. The van der Waals surface area contributed by atoms with Gasteiger partial charge < -0.3 is 11.1 Å². The first-order valence-corrected chi connectivity index (χ1v) is 9.10. The highest BCUT2D eigenvalue weighted by molar-refractivity contribution is 5.93. The number of tetrazole rings is 1. The van der Waals surface area contributed by atoms with Gasteiger partial charge in [0.05, 0.1) is 0 Å². The number of carbonyl (C=O) groups excluding carboxylic acids is 2. The summed E-state index contributed by atoms with van der Waals surface area (Å²) < 4.78 is 0. The first-order valence-electron chi connectivity index (χ1n) is 9.10. The molecule has 2 amide bonds. The predicted octanol–water partition coefficient (Wildman–Crippen LogP) is 2.20. The fourth-order valence-corrected chi connectivity index (χ4v) is 2.92. The molecule has 3 N–H and O–H groups in total. The molecular formula is C20H22N6O2. The number of nitrogens with one attached hydrogen (secondary N) is 1. The zero-order chi connectivity index (χ0) is 20.1. The second-order valence-electron chi connectivity index (χ2n) is 6.29. The number of hydrogen-bond acceptors (Lipinski definition) is 5. The van der Waals surface area contributed by atoms with Crippen LogP contribution in [0, 0.1) is 0 Å². The van der Waals surface area contributed by atoms with Gasteiger partial charge in [-0.1, -0.05) is 44.2 Å². The van der Waals surface area contributed by atoms with Crippen molar-refractivity contribution in [3.63, 3.8) is 0 Å². The zero-order valence-electron chi connectivity index (χ0n) is 15.8. The van der Waals surface area contributed by atoms with Crippen LogP contribution in [0.2, 0.25) is 0 Å². The maximum Gasteiger partial charge on any atom is 0.248 e. The third kappa shape index (κ3) is 4.22. The second-order valence-corrected chi connectivity index (χ2v) is 6.29. The average molecular weight is 378 g/mol. The third-order valence-corrected chi connectivity index (χ3v) is 4.43. The van der Waals surface area contributed by atoms with E-state index in [1.54, 1.807) is 24.3 Å². The fourth-order valence-electron chi connectivity index (χ4n) is 2.92. The van der Waals surface area contributed by atoms with E-state index in [-0.39, 0.29) is 12.5 Å². The zero-order valence-corrected chi connectivity index (χ0v) is 15.8. The molecule has 0 bridgehead atoms. The number of amides is 2. The van der Waals surface area contributed by atoms with Crippen molar-refractivity contribution in [2.45, 2.75) is 33.2 Å². The number of hydrogen-bond donors (Lipinski definition) is 2. The van der Waals surface area contributed by atoms with Crippen LogP contribution >= 0.6 is 0 Å². The molecular weight excluding hydrogens is 356 g/mol. The second kappa shape index (κ2) is 8.43. The maximum atomic E-state index is 12.5. The van der Waals surface area contributed by atoms with Crippen molar-refractivity contribution < 1.29 is 9.59 Å². The minimum atomic E-state index is -0.501. The lowest BCUT2D eigenvalue weighted by Gasteiger charge is -2.14. The molecule has 0 atom stereocenters. The lowest BCUT2D eigenvalue weighted by atomic mass is 10.0. The van der Waals surface area contributed by atoms with Gasteiger partial charge in [0.15, 0.2) is 0 Å². The highest BCUT2D eigenvalue weighted by atomic mass is 16.2.